The van der Waals surface area contributed by atoms with Gasteiger partial charge in [0.2, 0.25) is 5.91 Å². The van der Waals surface area contributed by atoms with Gasteiger partial charge in [0.05, 0.1) is 17.5 Å². The summed E-state index contributed by atoms with van der Waals surface area (Å²) in [6.45, 7) is 3.95. The van der Waals surface area contributed by atoms with Gasteiger partial charge in [-0.3, -0.25) is 9.78 Å². The number of nitrogens with zero attached hydrogens (tertiary/aromatic N) is 2. The SMILES string of the molecule is CCCC1SCC(C(=O)O)N1C(=O)Cc1ncccc1C. The summed E-state index contributed by atoms with van der Waals surface area (Å²) in [6, 6.07) is 3.02. The van der Waals surface area contributed by atoms with Crippen molar-refractivity contribution in [1.29, 1.82) is 0 Å². The average Bonchev–Trinajstić information content (AvgIpc) is 2.86. The molecule has 1 amide bonds. The first-order valence-electron chi connectivity index (χ1n) is 7.10. The summed E-state index contributed by atoms with van der Waals surface area (Å²) in [5.41, 5.74) is 1.68. The van der Waals surface area contributed by atoms with Crippen molar-refractivity contribution in [3.63, 3.8) is 0 Å². The molecule has 1 aromatic heterocycles. The molecule has 2 rings (SSSR count). The summed E-state index contributed by atoms with van der Waals surface area (Å²) in [5.74, 6) is -0.604. The van der Waals surface area contributed by atoms with Crippen molar-refractivity contribution in [2.75, 3.05) is 5.75 Å². The fourth-order valence-electron chi connectivity index (χ4n) is 2.50. The van der Waals surface area contributed by atoms with Crippen LogP contribution in [-0.2, 0) is 16.0 Å². The van der Waals surface area contributed by atoms with Crippen molar-refractivity contribution in [2.24, 2.45) is 0 Å². The molecular formula is C15H20N2O3S. The normalized spacial score (nSPS) is 21.5. The highest BCUT2D eigenvalue weighted by molar-refractivity contribution is 8.00. The van der Waals surface area contributed by atoms with Gasteiger partial charge in [-0.25, -0.2) is 4.79 Å². The van der Waals surface area contributed by atoms with E-state index in [0.717, 1.165) is 24.1 Å². The molecule has 114 valence electrons. The smallest absolute Gasteiger partial charge is 0.327 e. The minimum absolute atomic E-state index is 0.0346. The largest absolute Gasteiger partial charge is 0.480 e. The number of pyridine rings is 1. The van der Waals surface area contributed by atoms with E-state index in [1.54, 1.807) is 22.9 Å². The molecule has 2 atom stereocenters. The second-order valence-electron chi connectivity index (χ2n) is 5.18. The molecule has 0 aromatic carbocycles. The molecule has 5 nitrogen and oxygen atoms in total. The van der Waals surface area contributed by atoms with Gasteiger partial charge >= 0.3 is 5.97 Å². The first-order valence-corrected chi connectivity index (χ1v) is 8.15. The van der Waals surface area contributed by atoms with E-state index in [-0.39, 0.29) is 17.7 Å². The van der Waals surface area contributed by atoms with Gasteiger partial charge in [0.1, 0.15) is 6.04 Å². The number of aryl methyl sites for hydroxylation is 1. The molecule has 2 unspecified atom stereocenters. The quantitative estimate of drug-likeness (QED) is 0.902. The molecule has 1 fully saturated rings. The molecule has 1 aliphatic heterocycles. The fraction of sp³-hybridized carbons (Fsp3) is 0.533. The van der Waals surface area contributed by atoms with Gasteiger partial charge in [0, 0.05) is 11.9 Å². The van der Waals surface area contributed by atoms with Gasteiger partial charge in [-0.15, -0.1) is 11.8 Å². The molecule has 1 saturated heterocycles. The zero-order chi connectivity index (χ0) is 15.4. The Morgan fingerprint density at radius 1 is 1.52 bits per heavy atom. The first-order chi connectivity index (χ1) is 10.0. The highest BCUT2D eigenvalue weighted by atomic mass is 32.2. The van der Waals surface area contributed by atoms with Crippen LogP contribution in [0.4, 0.5) is 0 Å². The number of rotatable bonds is 5. The van der Waals surface area contributed by atoms with E-state index >= 15 is 0 Å². The van der Waals surface area contributed by atoms with Gasteiger partial charge in [-0.1, -0.05) is 19.4 Å². The van der Waals surface area contributed by atoms with E-state index in [1.807, 2.05) is 26.0 Å². The third-order valence-corrected chi connectivity index (χ3v) is 4.99. The molecule has 0 bridgehead atoms. The van der Waals surface area contributed by atoms with Gasteiger partial charge in [-0.2, -0.15) is 0 Å². The van der Waals surface area contributed by atoms with Crippen LogP contribution in [0.5, 0.6) is 0 Å². The van der Waals surface area contributed by atoms with Crippen molar-refractivity contribution in [3.05, 3.63) is 29.6 Å². The van der Waals surface area contributed by atoms with Crippen LogP contribution < -0.4 is 0 Å². The summed E-state index contributed by atoms with van der Waals surface area (Å²) in [6.07, 6.45) is 3.57. The summed E-state index contributed by atoms with van der Waals surface area (Å²) in [7, 11) is 0. The van der Waals surface area contributed by atoms with Crippen LogP contribution >= 0.6 is 11.8 Å². The molecule has 2 heterocycles. The third-order valence-electron chi connectivity index (χ3n) is 3.64. The molecule has 0 saturated carbocycles. The average molecular weight is 308 g/mol. The number of amides is 1. The molecular weight excluding hydrogens is 288 g/mol. The van der Waals surface area contributed by atoms with E-state index in [1.165, 1.54) is 0 Å². The van der Waals surface area contributed by atoms with Crippen molar-refractivity contribution < 1.29 is 14.7 Å². The number of aliphatic carboxylic acids is 1. The first kappa shape index (κ1) is 15.8. The lowest BCUT2D eigenvalue weighted by Gasteiger charge is -2.27. The fourth-order valence-corrected chi connectivity index (χ4v) is 4.03. The standard InChI is InChI=1S/C15H20N2O3S/c1-3-5-14-17(12(9-21-14)15(19)20)13(18)8-11-10(2)6-4-7-16-11/h4,6-7,12,14H,3,5,8-9H2,1-2H3,(H,19,20). The molecule has 1 aromatic rings. The third kappa shape index (κ3) is 3.56. The predicted octanol–water partition coefficient (Wildman–Crippen LogP) is 2.09. The zero-order valence-corrected chi connectivity index (χ0v) is 13.1. The topological polar surface area (TPSA) is 70.5 Å². The molecule has 0 spiro atoms. The highest BCUT2D eigenvalue weighted by Gasteiger charge is 2.40. The Kier molecular flexibility index (Phi) is 5.22. The van der Waals surface area contributed by atoms with Crippen molar-refractivity contribution in [1.82, 2.24) is 9.88 Å². The van der Waals surface area contributed by atoms with E-state index in [2.05, 4.69) is 4.98 Å². The zero-order valence-electron chi connectivity index (χ0n) is 12.3. The Hall–Kier alpha value is -1.56. The maximum atomic E-state index is 12.6. The van der Waals surface area contributed by atoms with Gasteiger partial charge in [-0.05, 0) is 25.0 Å². The Labute approximate surface area is 128 Å². The number of carboxylic acid groups (broad SMARTS) is 1. The number of carbonyl (C=O) groups excluding carboxylic acids is 1. The maximum absolute atomic E-state index is 12.6. The summed E-state index contributed by atoms with van der Waals surface area (Å²) in [4.78, 5) is 29.7. The van der Waals surface area contributed by atoms with Crippen LogP contribution in [0.15, 0.2) is 18.3 Å². The van der Waals surface area contributed by atoms with Crippen molar-refractivity contribution in [2.45, 2.75) is 44.5 Å². The lowest BCUT2D eigenvalue weighted by Crippen LogP contribution is -2.46. The summed E-state index contributed by atoms with van der Waals surface area (Å²) in [5, 5.41) is 9.28. The van der Waals surface area contributed by atoms with Gasteiger partial charge in [0.15, 0.2) is 0 Å². The number of carboxylic acids is 1. The summed E-state index contributed by atoms with van der Waals surface area (Å²) >= 11 is 1.56. The predicted molar refractivity (Wildman–Crippen MR) is 82.1 cm³/mol. The number of hydrogen-bond acceptors (Lipinski definition) is 4. The van der Waals surface area contributed by atoms with Crippen molar-refractivity contribution >= 4 is 23.6 Å². The van der Waals surface area contributed by atoms with Gasteiger partial charge < -0.3 is 10.0 Å². The van der Waals surface area contributed by atoms with Crippen LogP contribution in [-0.4, -0.2) is 44.0 Å². The molecule has 1 aliphatic rings. The van der Waals surface area contributed by atoms with Crippen LogP contribution in [0.1, 0.15) is 31.0 Å². The van der Waals surface area contributed by atoms with Crippen LogP contribution in [0.2, 0.25) is 0 Å². The number of thioether (sulfide) groups is 1. The van der Waals surface area contributed by atoms with E-state index < -0.39 is 12.0 Å². The van der Waals surface area contributed by atoms with Crippen LogP contribution in [0.3, 0.4) is 0 Å². The number of hydrogen-bond donors (Lipinski definition) is 1. The Bertz CT molecular complexity index is 535. The highest BCUT2D eigenvalue weighted by Crippen LogP contribution is 2.32. The van der Waals surface area contributed by atoms with Crippen molar-refractivity contribution in [3.8, 4) is 0 Å². The second-order valence-corrected chi connectivity index (χ2v) is 6.39. The Balaban J connectivity index is 2.17. The number of aromatic nitrogens is 1. The molecule has 6 heteroatoms. The Morgan fingerprint density at radius 2 is 2.29 bits per heavy atom. The lowest BCUT2D eigenvalue weighted by atomic mass is 10.1. The Morgan fingerprint density at radius 3 is 2.90 bits per heavy atom. The molecule has 0 radical (unpaired) electrons. The minimum Gasteiger partial charge on any atom is -0.480 e. The lowest BCUT2D eigenvalue weighted by molar-refractivity contribution is -0.148. The maximum Gasteiger partial charge on any atom is 0.327 e. The van der Waals surface area contributed by atoms with Crippen LogP contribution in [0, 0.1) is 6.92 Å². The summed E-state index contributed by atoms with van der Waals surface area (Å²) < 4.78 is 0. The van der Waals surface area contributed by atoms with E-state index in [0.29, 0.717) is 5.75 Å². The molecule has 21 heavy (non-hydrogen) atoms. The van der Waals surface area contributed by atoms with E-state index in [4.69, 9.17) is 0 Å². The molecule has 1 N–H and O–H groups in total. The van der Waals surface area contributed by atoms with Crippen LogP contribution in [0.25, 0.3) is 0 Å². The van der Waals surface area contributed by atoms with E-state index in [9.17, 15) is 14.7 Å². The monoisotopic (exact) mass is 308 g/mol. The second kappa shape index (κ2) is 6.93. The minimum atomic E-state index is -0.924. The molecule has 0 aliphatic carbocycles. The van der Waals surface area contributed by atoms with Gasteiger partial charge in [0.25, 0.3) is 0 Å². The number of carbonyl (C=O) groups is 2.